The average molecular weight is 316 g/mol. The molecule has 0 radical (unpaired) electrons. The second-order valence-corrected chi connectivity index (χ2v) is 6.78. The number of methoxy groups -OCH3 is 1. The van der Waals surface area contributed by atoms with Crippen molar-refractivity contribution in [1.29, 1.82) is 0 Å². The summed E-state index contributed by atoms with van der Waals surface area (Å²) in [5, 5.41) is 1.21. The van der Waals surface area contributed by atoms with Gasteiger partial charge in [0.15, 0.2) is 9.84 Å². The second kappa shape index (κ2) is 5.94. The Hall–Kier alpha value is -2.11. The molecule has 0 spiro atoms. The third kappa shape index (κ3) is 3.05. The minimum absolute atomic E-state index is 0.154. The maximum atomic E-state index is 12.2. The smallest absolute Gasteiger partial charge is 0.199 e. The van der Waals surface area contributed by atoms with Crippen molar-refractivity contribution in [3.63, 3.8) is 0 Å². The molecule has 4 nitrogen and oxygen atoms in total. The molecule has 114 valence electrons. The molecule has 0 aliphatic carbocycles. The lowest BCUT2D eigenvalue weighted by molar-refractivity contribution is 0.374. The van der Waals surface area contributed by atoms with E-state index in [-0.39, 0.29) is 17.1 Å². The molecule has 2 atom stereocenters. The normalized spacial score (nSPS) is 21.0. The van der Waals surface area contributed by atoms with E-state index in [9.17, 15) is 8.42 Å². The Labute approximate surface area is 129 Å². The van der Waals surface area contributed by atoms with E-state index in [1.54, 1.807) is 43.5 Å². The highest BCUT2D eigenvalue weighted by molar-refractivity contribution is 7.94. The van der Waals surface area contributed by atoms with Gasteiger partial charge in [-0.25, -0.2) is 8.42 Å². The van der Waals surface area contributed by atoms with Crippen LogP contribution >= 0.6 is 0 Å². The highest BCUT2D eigenvalue weighted by Gasteiger charge is 2.40. The van der Waals surface area contributed by atoms with Gasteiger partial charge in [0, 0.05) is 11.0 Å². The Morgan fingerprint density at radius 3 is 2.45 bits per heavy atom. The zero-order valence-corrected chi connectivity index (χ0v) is 12.9. The Kier molecular flexibility index (Phi) is 4.00. The molecule has 3 rings (SSSR count). The molecule has 1 aliphatic heterocycles. The van der Waals surface area contributed by atoms with Crippen LogP contribution in [0.2, 0.25) is 0 Å². The number of ether oxygens (including phenoxy) is 2. The van der Waals surface area contributed by atoms with E-state index in [4.69, 9.17) is 9.47 Å². The van der Waals surface area contributed by atoms with Gasteiger partial charge in [0.1, 0.15) is 18.0 Å². The standard InChI is InChI=1S/C17H16O4S/c1-20-15-10-6-5-9-14(15)17-16(21-17)11-12-22(18,19)13-7-3-2-4-8-13/h2-12,16-17H,1H3/b12-11+/t16-,17-/m0/s1. The van der Waals surface area contributed by atoms with E-state index in [0.29, 0.717) is 0 Å². The summed E-state index contributed by atoms with van der Waals surface area (Å²) in [6, 6.07) is 15.9. The van der Waals surface area contributed by atoms with Crippen LogP contribution in [0.25, 0.3) is 0 Å². The summed E-state index contributed by atoms with van der Waals surface area (Å²) in [5.74, 6) is 0.745. The molecule has 2 aromatic rings. The summed E-state index contributed by atoms with van der Waals surface area (Å²) in [5.41, 5.74) is 0.928. The average Bonchev–Trinajstić information content (AvgIpc) is 3.33. The quantitative estimate of drug-likeness (QED) is 0.795. The highest BCUT2D eigenvalue weighted by Crippen LogP contribution is 2.43. The van der Waals surface area contributed by atoms with Crippen LogP contribution in [0, 0.1) is 0 Å². The van der Waals surface area contributed by atoms with Crippen LogP contribution in [0.15, 0.2) is 71.0 Å². The highest BCUT2D eigenvalue weighted by atomic mass is 32.2. The number of benzene rings is 2. The number of sulfone groups is 1. The van der Waals surface area contributed by atoms with E-state index < -0.39 is 9.84 Å². The van der Waals surface area contributed by atoms with Crippen molar-refractivity contribution in [2.45, 2.75) is 17.1 Å². The molecule has 0 bridgehead atoms. The lowest BCUT2D eigenvalue weighted by Gasteiger charge is -2.04. The molecule has 1 aliphatic rings. The Morgan fingerprint density at radius 1 is 1.05 bits per heavy atom. The van der Waals surface area contributed by atoms with Crippen LogP contribution < -0.4 is 4.74 Å². The lowest BCUT2D eigenvalue weighted by Crippen LogP contribution is -1.97. The van der Waals surface area contributed by atoms with E-state index in [0.717, 1.165) is 11.3 Å². The van der Waals surface area contributed by atoms with Crippen LogP contribution in [-0.4, -0.2) is 21.6 Å². The molecule has 0 saturated carbocycles. The third-order valence-corrected chi connectivity index (χ3v) is 4.93. The molecule has 22 heavy (non-hydrogen) atoms. The lowest BCUT2D eigenvalue weighted by atomic mass is 10.1. The number of hydrogen-bond acceptors (Lipinski definition) is 4. The second-order valence-electron chi connectivity index (χ2n) is 4.95. The van der Waals surface area contributed by atoms with Gasteiger partial charge in [-0.1, -0.05) is 36.4 Å². The molecule has 5 heteroatoms. The first kappa shape index (κ1) is 14.8. The maximum Gasteiger partial charge on any atom is 0.199 e. The van der Waals surface area contributed by atoms with E-state index in [2.05, 4.69) is 0 Å². The SMILES string of the molecule is COc1ccccc1[C@@H]1O[C@H]1/C=C/S(=O)(=O)c1ccccc1. The van der Waals surface area contributed by atoms with Gasteiger partial charge in [0.2, 0.25) is 0 Å². The van der Waals surface area contributed by atoms with Crippen molar-refractivity contribution in [3.8, 4) is 5.75 Å². The molecule has 0 aromatic heterocycles. The first-order valence-corrected chi connectivity index (χ1v) is 8.43. The van der Waals surface area contributed by atoms with Gasteiger partial charge in [0.05, 0.1) is 12.0 Å². The largest absolute Gasteiger partial charge is 0.496 e. The van der Waals surface area contributed by atoms with Gasteiger partial charge in [-0.2, -0.15) is 0 Å². The summed E-state index contributed by atoms with van der Waals surface area (Å²) in [4.78, 5) is 0.278. The van der Waals surface area contributed by atoms with Gasteiger partial charge in [-0.15, -0.1) is 0 Å². The number of hydrogen-bond donors (Lipinski definition) is 0. The molecule has 1 fully saturated rings. The van der Waals surface area contributed by atoms with Crippen LogP contribution in [0.1, 0.15) is 11.7 Å². The first-order valence-electron chi connectivity index (χ1n) is 6.88. The predicted octanol–water partition coefficient (Wildman–Crippen LogP) is 3.12. The Balaban J connectivity index is 1.74. The zero-order chi connectivity index (χ0) is 15.6. The minimum Gasteiger partial charge on any atom is -0.496 e. The third-order valence-electron chi connectivity index (χ3n) is 3.49. The predicted molar refractivity (Wildman–Crippen MR) is 83.4 cm³/mol. The molecule has 2 aromatic carbocycles. The van der Waals surface area contributed by atoms with Crippen LogP contribution in [0.5, 0.6) is 5.75 Å². The van der Waals surface area contributed by atoms with Gasteiger partial charge < -0.3 is 9.47 Å². The monoisotopic (exact) mass is 316 g/mol. The molecular formula is C17H16O4S. The molecule has 0 N–H and O–H groups in total. The zero-order valence-electron chi connectivity index (χ0n) is 12.0. The summed E-state index contributed by atoms with van der Waals surface area (Å²) in [6.07, 6.45) is 1.19. The summed E-state index contributed by atoms with van der Waals surface area (Å²) in [6.45, 7) is 0. The first-order chi connectivity index (χ1) is 10.6. The van der Waals surface area contributed by atoms with E-state index in [1.165, 1.54) is 5.41 Å². The fourth-order valence-corrected chi connectivity index (χ4v) is 3.35. The van der Waals surface area contributed by atoms with Crippen LogP contribution in [0.3, 0.4) is 0 Å². The van der Waals surface area contributed by atoms with Gasteiger partial charge in [-0.3, -0.25) is 0 Å². The van der Waals surface area contributed by atoms with Gasteiger partial charge in [0.25, 0.3) is 0 Å². The fourth-order valence-electron chi connectivity index (χ4n) is 2.29. The number of rotatable bonds is 5. The van der Waals surface area contributed by atoms with E-state index >= 15 is 0 Å². The molecule has 0 amide bonds. The summed E-state index contributed by atoms with van der Waals surface area (Å²) < 4.78 is 35.2. The van der Waals surface area contributed by atoms with Crippen molar-refractivity contribution in [1.82, 2.24) is 0 Å². The fraction of sp³-hybridized carbons (Fsp3) is 0.176. The van der Waals surface area contributed by atoms with Gasteiger partial charge in [-0.05, 0) is 24.3 Å². The van der Waals surface area contributed by atoms with Gasteiger partial charge >= 0.3 is 0 Å². The van der Waals surface area contributed by atoms with Crippen LogP contribution in [0.4, 0.5) is 0 Å². The van der Waals surface area contributed by atoms with Crippen molar-refractivity contribution in [2.75, 3.05) is 7.11 Å². The van der Waals surface area contributed by atoms with Crippen molar-refractivity contribution >= 4 is 9.84 Å². The Bertz CT molecular complexity index is 781. The van der Waals surface area contributed by atoms with Crippen molar-refractivity contribution in [3.05, 3.63) is 71.6 Å². The summed E-state index contributed by atoms with van der Waals surface area (Å²) in [7, 11) is -1.83. The Morgan fingerprint density at radius 2 is 1.73 bits per heavy atom. The molecular weight excluding hydrogens is 300 g/mol. The van der Waals surface area contributed by atoms with Crippen molar-refractivity contribution < 1.29 is 17.9 Å². The van der Waals surface area contributed by atoms with E-state index in [1.807, 2.05) is 24.3 Å². The molecule has 1 saturated heterocycles. The number of para-hydroxylation sites is 1. The topological polar surface area (TPSA) is 55.9 Å². The molecule has 0 unspecified atom stereocenters. The van der Waals surface area contributed by atoms with Crippen molar-refractivity contribution in [2.24, 2.45) is 0 Å². The molecule has 1 heterocycles. The van der Waals surface area contributed by atoms with Crippen LogP contribution in [-0.2, 0) is 14.6 Å². The maximum absolute atomic E-state index is 12.2. The summed E-state index contributed by atoms with van der Waals surface area (Å²) >= 11 is 0. The minimum atomic E-state index is -3.43. The number of epoxide rings is 1.